The number of aliphatic imine (C=N–C) groups is 1. The van der Waals surface area contributed by atoms with E-state index >= 15 is 0 Å². The fraction of sp³-hybridized carbons (Fsp3) is 0.667. The Morgan fingerprint density at radius 1 is 1.40 bits per heavy atom. The van der Waals surface area contributed by atoms with E-state index in [1.54, 1.807) is 6.34 Å². The monoisotopic (exact) mass is 204 g/mol. The lowest BCUT2D eigenvalue weighted by Crippen LogP contribution is -2.46. The van der Waals surface area contributed by atoms with Crippen LogP contribution in [0.15, 0.2) is 17.1 Å². The Bertz CT molecular complexity index is 344. The van der Waals surface area contributed by atoms with Crippen LogP contribution in [0.4, 0.5) is 0 Å². The molecule has 3 aliphatic rings. The summed E-state index contributed by atoms with van der Waals surface area (Å²) in [6.07, 6.45) is 6.94. The molecule has 2 fully saturated rings. The Labute approximate surface area is 89.9 Å². The lowest BCUT2D eigenvalue weighted by atomic mass is 9.81. The Balaban J connectivity index is 1.83. The Morgan fingerprint density at radius 2 is 2.20 bits per heavy atom. The van der Waals surface area contributed by atoms with E-state index in [0.717, 1.165) is 32.1 Å². The minimum atomic E-state index is 0.140. The van der Waals surface area contributed by atoms with Crippen LogP contribution < -0.4 is 0 Å². The summed E-state index contributed by atoms with van der Waals surface area (Å²) >= 11 is 0. The van der Waals surface area contributed by atoms with Crippen molar-refractivity contribution >= 4 is 12.2 Å². The van der Waals surface area contributed by atoms with Crippen molar-refractivity contribution in [1.82, 2.24) is 4.90 Å². The zero-order valence-electron chi connectivity index (χ0n) is 8.85. The highest BCUT2D eigenvalue weighted by atomic mass is 16.2. The summed E-state index contributed by atoms with van der Waals surface area (Å²) in [5.41, 5.74) is 1.25. The second-order valence-corrected chi connectivity index (χ2v) is 4.91. The summed E-state index contributed by atoms with van der Waals surface area (Å²) in [6, 6.07) is 0.654. The number of amides is 1. The van der Waals surface area contributed by atoms with Gasteiger partial charge in [-0.15, -0.1) is 0 Å². The molecule has 0 aromatic heterocycles. The molecule has 80 valence electrons. The standard InChI is InChI=1S/C12H16N2O/c1-8-2-5-10-11(6-8)13-7-14(12(10)15)9-3-4-9/h7,9-11H,1-6H2. The van der Waals surface area contributed by atoms with Crippen LogP contribution in [0.2, 0.25) is 0 Å². The highest BCUT2D eigenvalue weighted by Crippen LogP contribution is 2.36. The number of rotatable bonds is 1. The maximum absolute atomic E-state index is 12.2. The van der Waals surface area contributed by atoms with Crippen molar-refractivity contribution in [3.63, 3.8) is 0 Å². The van der Waals surface area contributed by atoms with Gasteiger partial charge in [0.15, 0.2) is 0 Å². The van der Waals surface area contributed by atoms with Crippen molar-refractivity contribution in [3.05, 3.63) is 12.2 Å². The Hall–Kier alpha value is -1.12. The zero-order chi connectivity index (χ0) is 10.4. The van der Waals surface area contributed by atoms with Gasteiger partial charge in [-0.2, -0.15) is 0 Å². The van der Waals surface area contributed by atoms with E-state index < -0.39 is 0 Å². The molecule has 2 atom stereocenters. The second-order valence-electron chi connectivity index (χ2n) is 4.91. The van der Waals surface area contributed by atoms with Crippen LogP contribution in [0.1, 0.15) is 32.1 Å². The van der Waals surface area contributed by atoms with Gasteiger partial charge in [-0.1, -0.05) is 12.2 Å². The summed E-state index contributed by atoms with van der Waals surface area (Å²) in [6.45, 7) is 4.00. The van der Waals surface area contributed by atoms with Gasteiger partial charge in [0.1, 0.15) is 0 Å². The van der Waals surface area contributed by atoms with Crippen molar-refractivity contribution in [2.75, 3.05) is 0 Å². The van der Waals surface area contributed by atoms with Crippen molar-refractivity contribution in [3.8, 4) is 0 Å². The van der Waals surface area contributed by atoms with Crippen LogP contribution in [0.25, 0.3) is 0 Å². The zero-order valence-corrected chi connectivity index (χ0v) is 8.85. The van der Waals surface area contributed by atoms with Crippen molar-refractivity contribution in [2.24, 2.45) is 10.9 Å². The number of carbonyl (C=O) groups excluding carboxylic acids is 1. The van der Waals surface area contributed by atoms with Crippen LogP contribution in [0.5, 0.6) is 0 Å². The lowest BCUT2D eigenvalue weighted by Gasteiger charge is -2.36. The van der Waals surface area contributed by atoms with Crippen molar-refractivity contribution in [1.29, 1.82) is 0 Å². The number of nitrogens with zero attached hydrogens (tertiary/aromatic N) is 2. The maximum Gasteiger partial charge on any atom is 0.233 e. The minimum absolute atomic E-state index is 0.140. The molecule has 0 bridgehead atoms. The van der Waals surface area contributed by atoms with Gasteiger partial charge in [0.2, 0.25) is 5.91 Å². The van der Waals surface area contributed by atoms with Gasteiger partial charge in [-0.3, -0.25) is 14.7 Å². The number of carbonyl (C=O) groups is 1. The van der Waals surface area contributed by atoms with Gasteiger partial charge in [0.25, 0.3) is 0 Å². The molecule has 0 spiro atoms. The molecular weight excluding hydrogens is 188 g/mol. The first-order chi connectivity index (χ1) is 7.25. The Morgan fingerprint density at radius 3 is 2.93 bits per heavy atom. The molecular formula is C12H16N2O. The maximum atomic E-state index is 12.2. The first kappa shape index (κ1) is 9.13. The summed E-state index contributed by atoms with van der Waals surface area (Å²) in [5.74, 6) is 0.450. The molecule has 0 N–H and O–H groups in total. The predicted molar refractivity (Wildman–Crippen MR) is 58.6 cm³/mol. The van der Waals surface area contributed by atoms with Gasteiger partial charge in [0.05, 0.1) is 18.3 Å². The summed E-state index contributed by atoms with van der Waals surface area (Å²) in [4.78, 5) is 18.5. The van der Waals surface area contributed by atoms with Crippen molar-refractivity contribution < 1.29 is 4.79 Å². The van der Waals surface area contributed by atoms with Gasteiger partial charge in [0, 0.05) is 6.04 Å². The SMILES string of the molecule is C=C1CCC2C(=O)N(C3CC3)C=NC2C1. The highest BCUT2D eigenvalue weighted by molar-refractivity contribution is 5.92. The molecule has 1 amide bonds. The molecule has 2 saturated carbocycles. The van der Waals surface area contributed by atoms with E-state index in [0.29, 0.717) is 11.9 Å². The number of hydrogen-bond donors (Lipinski definition) is 0. The average Bonchev–Trinajstić information content (AvgIpc) is 3.01. The normalized spacial score (nSPS) is 35.6. The third-order valence-electron chi connectivity index (χ3n) is 3.67. The van der Waals surface area contributed by atoms with E-state index in [4.69, 9.17) is 0 Å². The first-order valence-electron chi connectivity index (χ1n) is 5.78. The quantitative estimate of drug-likeness (QED) is 0.599. The fourth-order valence-corrected chi connectivity index (χ4v) is 2.57. The van der Waals surface area contributed by atoms with E-state index in [9.17, 15) is 4.79 Å². The van der Waals surface area contributed by atoms with Gasteiger partial charge < -0.3 is 0 Å². The smallest absolute Gasteiger partial charge is 0.233 e. The van der Waals surface area contributed by atoms with Crippen LogP contribution in [-0.2, 0) is 4.79 Å². The topological polar surface area (TPSA) is 32.7 Å². The van der Waals surface area contributed by atoms with Gasteiger partial charge >= 0.3 is 0 Å². The third-order valence-corrected chi connectivity index (χ3v) is 3.67. The van der Waals surface area contributed by atoms with Crippen LogP contribution in [0.3, 0.4) is 0 Å². The van der Waals surface area contributed by atoms with Gasteiger partial charge in [-0.25, -0.2) is 0 Å². The molecule has 0 aromatic carbocycles. The fourth-order valence-electron chi connectivity index (χ4n) is 2.57. The average molecular weight is 204 g/mol. The number of hydrogen-bond acceptors (Lipinski definition) is 2. The second kappa shape index (κ2) is 3.19. The summed E-state index contributed by atoms with van der Waals surface area (Å²) in [5, 5.41) is 0. The largest absolute Gasteiger partial charge is 0.300 e. The molecule has 0 aromatic rings. The third kappa shape index (κ3) is 1.50. The molecule has 3 rings (SSSR count). The Kier molecular flexibility index (Phi) is 1.94. The molecule has 3 heteroatoms. The van der Waals surface area contributed by atoms with E-state index in [-0.39, 0.29) is 12.0 Å². The van der Waals surface area contributed by atoms with Crippen molar-refractivity contribution in [2.45, 2.75) is 44.2 Å². The molecule has 0 radical (unpaired) electrons. The van der Waals surface area contributed by atoms with E-state index in [1.807, 2.05) is 4.90 Å². The molecule has 0 saturated heterocycles. The minimum Gasteiger partial charge on any atom is -0.300 e. The number of fused-ring (bicyclic) bond motifs is 1. The molecule has 15 heavy (non-hydrogen) atoms. The van der Waals surface area contributed by atoms with Gasteiger partial charge in [-0.05, 0) is 32.1 Å². The molecule has 3 nitrogen and oxygen atoms in total. The highest BCUT2D eigenvalue weighted by Gasteiger charge is 2.42. The van der Waals surface area contributed by atoms with Crippen LogP contribution in [0, 0.1) is 5.92 Å². The molecule has 2 unspecified atom stereocenters. The summed E-state index contributed by atoms with van der Waals surface area (Å²) < 4.78 is 0. The molecule has 1 aliphatic heterocycles. The van der Waals surface area contributed by atoms with Crippen LogP contribution >= 0.6 is 0 Å². The molecule has 1 heterocycles. The first-order valence-corrected chi connectivity index (χ1v) is 5.78. The van der Waals surface area contributed by atoms with E-state index in [1.165, 1.54) is 5.57 Å². The summed E-state index contributed by atoms with van der Waals surface area (Å²) in [7, 11) is 0. The van der Waals surface area contributed by atoms with Crippen LogP contribution in [-0.4, -0.2) is 29.2 Å². The van der Waals surface area contributed by atoms with E-state index in [2.05, 4.69) is 11.6 Å². The molecule has 2 aliphatic carbocycles. The lowest BCUT2D eigenvalue weighted by molar-refractivity contribution is -0.133. The predicted octanol–water partition coefficient (Wildman–Crippen LogP) is 1.74.